The van der Waals surface area contributed by atoms with Gasteiger partial charge in [-0.2, -0.15) is 0 Å². The van der Waals surface area contributed by atoms with Crippen LogP contribution in [0.15, 0.2) is 18.3 Å². The third-order valence-electron chi connectivity index (χ3n) is 2.95. The topological polar surface area (TPSA) is 28.2 Å². The molecule has 3 heteroatoms. The van der Waals surface area contributed by atoms with Crippen molar-refractivity contribution in [2.24, 2.45) is 5.92 Å². The minimum Gasteiger partial charge on any atom is -0.363 e. The van der Waals surface area contributed by atoms with Crippen molar-refractivity contribution >= 4 is 5.82 Å². The monoisotopic (exact) mass is 205 g/mol. The van der Waals surface area contributed by atoms with E-state index in [2.05, 4.69) is 22.4 Å². The summed E-state index contributed by atoms with van der Waals surface area (Å²) in [6.45, 7) is 2.34. The summed E-state index contributed by atoms with van der Waals surface area (Å²) in [5.74, 6) is 1.83. The molecule has 1 aromatic heterocycles. The Morgan fingerprint density at radius 3 is 2.87 bits per heavy atom. The van der Waals surface area contributed by atoms with E-state index in [1.807, 2.05) is 25.2 Å². The molecule has 1 saturated heterocycles. The molecule has 0 saturated carbocycles. The second-order valence-corrected chi connectivity index (χ2v) is 4.48. The van der Waals surface area contributed by atoms with Crippen LogP contribution in [0, 0.1) is 5.92 Å². The van der Waals surface area contributed by atoms with E-state index in [1.165, 1.54) is 18.5 Å². The normalized spacial score (nSPS) is 20.5. The number of anilines is 1. The van der Waals surface area contributed by atoms with Crippen molar-refractivity contribution in [1.82, 2.24) is 10.3 Å². The van der Waals surface area contributed by atoms with E-state index >= 15 is 0 Å². The third-order valence-corrected chi connectivity index (χ3v) is 2.95. The van der Waals surface area contributed by atoms with Gasteiger partial charge in [-0.05, 0) is 43.5 Å². The van der Waals surface area contributed by atoms with Gasteiger partial charge in [0.15, 0.2) is 0 Å². The molecule has 1 N–H and O–H groups in total. The van der Waals surface area contributed by atoms with Crippen LogP contribution in [0.1, 0.15) is 12.0 Å². The fraction of sp³-hybridized carbons (Fsp3) is 0.583. The summed E-state index contributed by atoms with van der Waals surface area (Å²) in [5, 5.41) is 3.39. The molecule has 1 aliphatic heterocycles. The van der Waals surface area contributed by atoms with Crippen LogP contribution in [0.4, 0.5) is 5.82 Å². The Balaban J connectivity index is 1.97. The van der Waals surface area contributed by atoms with E-state index in [4.69, 9.17) is 0 Å². The average molecular weight is 205 g/mol. The highest BCUT2D eigenvalue weighted by atomic mass is 15.1. The molecule has 15 heavy (non-hydrogen) atoms. The molecule has 0 aromatic carbocycles. The smallest absolute Gasteiger partial charge is 0.127 e. The van der Waals surface area contributed by atoms with Crippen LogP contribution in [0.5, 0.6) is 0 Å². The molecular formula is C12H19N3. The lowest BCUT2D eigenvalue weighted by Gasteiger charge is -2.12. The molecule has 1 aliphatic rings. The van der Waals surface area contributed by atoms with E-state index in [0.29, 0.717) is 0 Å². The lowest BCUT2D eigenvalue weighted by Crippen LogP contribution is -2.12. The van der Waals surface area contributed by atoms with Gasteiger partial charge in [-0.1, -0.05) is 6.07 Å². The zero-order chi connectivity index (χ0) is 10.7. The lowest BCUT2D eigenvalue weighted by molar-refractivity contribution is 0.579. The molecule has 1 unspecified atom stereocenters. The zero-order valence-electron chi connectivity index (χ0n) is 9.53. The molecule has 1 aromatic rings. The molecular weight excluding hydrogens is 186 g/mol. The molecule has 2 rings (SSSR count). The Morgan fingerprint density at radius 2 is 2.33 bits per heavy atom. The first-order valence-electron chi connectivity index (χ1n) is 5.58. The van der Waals surface area contributed by atoms with Gasteiger partial charge < -0.3 is 10.2 Å². The van der Waals surface area contributed by atoms with Crippen molar-refractivity contribution in [2.75, 3.05) is 32.1 Å². The Labute approximate surface area is 91.5 Å². The highest BCUT2D eigenvalue weighted by Crippen LogP contribution is 2.16. The van der Waals surface area contributed by atoms with Crippen LogP contribution in [-0.4, -0.2) is 32.2 Å². The average Bonchev–Trinajstić information content (AvgIpc) is 2.71. The molecule has 82 valence electrons. The minimum absolute atomic E-state index is 0.803. The van der Waals surface area contributed by atoms with Crippen LogP contribution in [-0.2, 0) is 6.42 Å². The Hall–Kier alpha value is -1.09. The predicted octanol–water partition coefficient (Wildman–Crippen LogP) is 1.30. The van der Waals surface area contributed by atoms with Gasteiger partial charge in [0.25, 0.3) is 0 Å². The summed E-state index contributed by atoms with van der Waals surface area (Å²) in [4.78, 5) is 6.45. The van der Waals surface area contributed by atoms with Gasteiger partial charge in [-0.3, -0.25) is 0 Å². The van der Waals surface area contributed by atoms with Crippen LogP contribution in [0.25, 0.3) is 0 Å². The lowest BCUT2D eigenvalue weighted by atomic mass is 10.00. The summed E-state index contributed by atoms with van der Waals surface area (Å²) >= 11 is 0. The Morgan fingerprint density at radius 1 is 1.47 bits per heavy atom. The van der Waals surface area contributed by atoms with E-state index in [0.717, 1.165) is 24.7 Å². The Bertz CT molecular complexity index is 299. The maximum atomic E-state index is 4.43. The zero-order valence-corrected chi connectivity index (χ0v) is 9.53. The standard InChI is InChI=1S/C12H19N3/c1-15(2)12-4-3-10(9-14-12)7-11-5-6-13-8-11/h3-4,9,11,13H,5-8H2,1-2H3. The fourth-order valence-corrected chi connectivity index (χ4v) is 2.02. The molecule has 0 spiro atoms. The Kier molecular flexibility index (Phi) is 3.21. The minimum atomic E-state index is 0.803. The second-order valence-electron chi connectivity index (χ2n) is 4.48. The number of hydrogen-bond donors (Lipinski definition) is 1. The number of nitrogens with zero attached hydrogens (tertiary/aromatic N) is 2. The van der Waals surface area contributed by atoms with Gasteiger partial charge in [0.1, 0.15) is 5.82 Å². The first-order valence-corrected chi connectivity index (χ1v) is 5.58. The number of nitrogens with one attached hydrogen (secondary N) is 1. The van der Waals surface area contributed by atoms with Crippen LogP contribution in [0.3, 0.4) is 0 Å². The van der Waals surface area contributed by atoms with Crippen molar-refractivity contribution in [3.63, 3.8) is 0 Å². The molecule has 0 amide bonds. The van der Waals surface area contributed by atoms with Crippen molar-refractivity contribution in [3.8, 4) is 0 Å². The van der Waals surface area contributed by atoms with Gasteiger partial charge in [0.05, 0.1) is 0 Å². The maximum absolute atomic E-state index is 4.43. The SMILES string of the molecule is CN(C)c1ccc(CC2CCNC2)cn1. The summed E-state index contributed by atoms with van der Waals surface area (Å²) in [6.07, 6.45) is 4.47. The van der Waals surface area contributed by atoms with Crippen molar-refractivity contribution < 1.29 is 0 Å². The van der Waals surface area contributed by atoms with Crippen molar-refractivity contribution in [1.29, 1.82) is 0 Å². The first kappa shape index (κ1) is 10.4. The van der Waals surface area contributed by atoms with E-state index in [-0.39, 0.29) is 0 Å². The van der Waals surface area contributed by atoms with Crippen molar-refractivity contribution in [3.05, 3.63) is 23.9 Å². The first-order chi connectivity index (χ1) is 7.25. The van der Waals surface area contributed by atoms with E-state index < -0.39 is 0 Å². The molecule has 3 nitrogen and oxygen atoms in total. The molecule has 2 heterocycles. The van der Waals surface area contributed by atoms with Gasteiger partial charge in [-0.15, -0.1) is 0 Å². The number of rotatable bonds is 3. The molecule has 0 aliphatic carbocycles. The molecule has 0 radical (unpaired) electrons. The van der Waals surface area contributed by atoms with E-state index in [9.17, 15) is 0 Å². The quantitative estimate of drug-likeness (QED) is 0.806. The van der Waals surface area contributed by atoms with Crippen LogP contribution in [0.2, 0.25) is 0 Å². The number of pyridine rings is 1. The van der Waals surface area contributed by atoms with Crippen molar-refractivity contribution in [2.45, 2.75) is 12.8 Å². The van der Waals surface area contributed by atoms with Gasteiger partial charge >= 0.3 is 0 Å². The van der Waals surface area contributed by atoms with E-state index in [1.54, 1.807) is 0 Å². The highest BCUT2D eigenvalue weighted by molar-refractivity contribution is 5.37. The number of hydrogen-bond acceptors (Lipinski definition) is 3. The second kappa shape index (κ2) is 4.62. The molecule has 1 fully saturated rings. The fourth-order valence-electron chi connectivity index (χ4n) is 2.02. The van der Waals surface area contributed by atoms with Gasteiger partial charge in [-0.25, -0.2) is 4.98 Å². The third kappa shape index (κ3) is 2.69. The van der Waals surface area contributed by atoms with Crippen LogP contribution >= 0.6 is 0 Å². The summed E-state index contributed by atoms with van der Waals surface area (Å²) in [6, 6.07) is 4.29. The maximum Gasteiger partial charge on any atom is 0.127 e. The predicted molar refractivity (Wildman–Crippen MR) is 63.2 cm³/mol. The molecule has 0 bridgehead atoms. The summed E-state index contributed by atoms with van der Waals surface area (Å²) in [7, 11) is 4.03. The molecule has 1 atom stereocenters. The van der Waals surface area contributed by atoms with Crippen LogP contribution < -0.4 is 10.2 Å². The van der Waals surface area contributed by atoms with Gasteiger partial charge in [0.2, 0.25) is 0 Å². The highest BCUT2D eigenvalue weighted by Gasteiger charge is 2.14. The number of aromatic nitrogens is 1. The van der Waals surface area contributed by atoms with Gasteiger partial charge in [0, 0.05) is 20.3 Å². The summed E-state index contributed by atoms with van der Waals surface area (Å²) < 4.78 is 0. The largest absolute Gasteiger partial charge is 0.363 e. The summed E-state index contributed by atoms with van der Waals surface area (Å²) in [5.41, 5.74) is 1.36.